The molecule has 204 valence electrons. The average molecular weight is 555 g/mol. The summed E-state index contributed by atoms with van der Waals surface area (Å²) < 4.78 is 1.94. The van der Waals surface area contributed by atoms with E-state index in [-0.39, 0.29) is 11.3 Å². The third kappa shape index (κ3) is 4.75. The predicted molar refractivity (Wildman–Crippen MR) is 159 cm³/mol. The van der Waals surface area contributed by atoms with E-state index in [4.69, 9.17) is 0 Å². The summed E-state index contributed by atoms with van der Waals surface area (Å²) in [7, 11) is 0. The number of carbonyl (C=O) groups is 3. The summed E-state index contributed by atoms with van der Waals surface area (Å²) in [4.78, 5) is 51.2. The van der Waals surface area contributed by atoms with Crippen LogP contribution in [0.5, 0.6) is 0 Å². The van der Waals surface area contributed by atoms with Gasteiger partial charge in [0.25, 0.3) is 17.5 Å². The lowest BCUT2D eigenvalue weighted by molar-refractivity contribution is -0.384. The van der Waals surface area contributed by atoms with Gasteiger partial charge in [-0.05, 0) is 47.5 Å². The molecule has 0 unspecified atom stereocenters. The number of para-hydroxylation sites is 1. The summed E-state index contributed by atoms with van der Waals surface area (Å²) in [6, 6.07) is 34.5. The van der Waals surface area contributed by atoms with E-state index in [0.29, 0.717) is 22.6 Å². The van der Waals surface area contributed by atoms with Crippen molar-refractivity contribution in [2.24, 2.45) is 0 Å². The number of carbonyl (C=O) groups excluding carboxylic acids is 3. The molecule has 4 amide bonds. The van der Waals surface area contributed by atoms with E-state index < -0.39 is 22.8 Å². The third-order valence-electron chi connectivity index (χ3n) is 6.88. The fourth-order valence-electron chi connectivity index (χ4n) is 4.97. The number of rotatable bonds is 6. The van der Waals surface area contributed by atoms with Crippen molar-refractivity contribution in [2.75, 3.05) is 4.90 Å². The van der Waals surface area contributed by atoms with Crippen LogP contribution in [0.4, 0.5) is 16.2 Å². The lowest BCUT2D eigenvalue weighted by Gasteiger charge is -2.26. The van der Waals surface area contributed by atoms with Crippen LogP contribution in [0, 0.1) is 10.1 Å². The number of anilines is 1. The normalized spacial score (nSPS) is 14.2. The molecule has 0 aliphatic carbocycles. The monoisotopic (exact) mass is 554 g/mol. The fourth-order valence-corrected chi connectivity index (χ4v) is 4.97. The maximum absolute atomic E-state index is 13.6. The Balaban J connectivity index is 1.60. The van der Waals surface area contributed by atoms with Crippen LogP contribution in [-0.2, 0) is 9.59 Å². The summed E-state index contributed by atoms with van der Waals surface area (Å²) in [6.07, 6.45) is 1.48. The molecule has 2 heterocycles. The van der Waals surface area contributed by atoms with Gasteiger partial charge in [-0.2, -0.15) is 0 Å². The van der Waals surface area contributed by atoms with Gasteiger partial charge in [-0.1, -0.05) is 78.9 Å². The van der Waals surface area contributed by atoms with Crippen LogP contribution in [0.3, 0.4) is 0 Å². The van der Waals surface area contributed by atoms with Crippen LogP contribution in [-0.4, -0.2) is 27.3 Å². The van der Waals surface area contributed by atoms with Crippen LogP contribution >= 0.6 is 0 Å². The van der Waals surface area contributed by atoms with Crippen molar-refractivity contribution in [3.8, 4) is 28.2 Å². The molecular formula is C33H22N4O5. The highest BCUT2D eigenvalue weighted by atomic mass is 16.6. The molecular weight excluding hydrogens is 532 g/mol. The van der Waals surface area contributed by atoms with Gasteiger partial charge in [0.1, 0.15) is 5.57 Å². The molecule has 0 bridgehead atoms. The van der Waals surface area contributed by atoms with Crippen molar-refractivity contribution in [1.82, 2.24) is 9.88 Å². The number of nitro groups is 1. The molecule has 42 heavy (non-hydrogen) atoms. The summed E-state index contributed by atoms with van der Waals surface area (Å²) in [5.74, 6) is -1.56. The number of nitrogens with zero attached hydrogens (tertiary/aromatic N) is 3. The zero-order chi connectivity index (χ0) is 29.2. The summed E-state index contributed by atoms with van der Waals surface area (Å²) in [5.41, 5.74) is 4.26. The van der Waals surface area contributed by atoms with Gasteiger partial charge in [-0.3, -0.25) is 25.0 Å². The van der Waals surface area contributed by atoms with Crippen molar-refractivity contribution < 1.29 is 19.3 Å². The number of nitro benzene ring substituents is 1. The summed E-state index contributed by atoms with van der Waals surface area (Å²) in [6.45, 7) is 0. The smallest absolute Gasteiger partial charge is 0.309 e. The van der Waals surface area contributed by atoms with Crippen molar-refractivity contribution in [2.45, 2.75) is 0 Å². The number of hydrogen-bond acceptors (Lipinski definition) is 5. The maximum Gasteiger partial charge on any atom is 0.335 e. The summed E-state index contributed by atoms with van der Waals surface area (Å²) in [5, 5.41) is 13.6. The van der Waals surface area contributed by atoms with Crippen LogP contribution in [0.1, 0.15) is 5.56 Å². The highest BCUT2D eigenvalue weighted by molar-refractivity contribution is 6.39. The number of benzene rings is 4. The first kappa shape index (κ1) is 26.1. The molecule has 6 rings (SSSR count). The topological polar surface area (TPSA) is 115 Å². The lowest BCUT2D eigenvalue weighted by Crippen LogP contribution is -2.54. The first-order chi connectivity index (χ1) is 20.4. The van der Waals surface area contributed by atoms with Gasteiger partial charge in [0, 0.05) is 23.4 Å². The molecule has 1 saturated heterocycles. The number of amides is 4. The minimum Gasteiger partial charge on any atom is -0.309 e. The van der Waals surface area contributed by atoms with Crippen LogP contribution in [0.25, 0.3) is 34.3 Å². The third-order valence-corrected chi connectivity index (χ3v) is 6.88. The molecule has 1 aliphatic rings. The Kier molecular flexibility index (Phi) is 6.74. The van der Waals surface area contributed by atoms with Crippen molar-refractivity contribution in [1.29, 1.82) is 0 Å². The van der Waals surface area contributed by atoms with E-state index in [1.54, 1.807) is 42.5 Å². The molecule has 9 heteroatoms. The molecule has 1 N–H and O–H groups in total. The van der Waals surface area contributed by atoms with Gasteiger partial charge < -0.3 is 4.57 Å². The molecule has 9 nitrogen and oxygen atoms in total. The van der Waals surface area contributed by atoms with Crippen molar-refractivity contribution >= 4 is 35.3 Å². The Morgan fingerprint density at radius 2 is 1.26 bits per heavy atom. The van der Waals surface area contributed by atoms with Crippen LogP contribution in [0.2, 0.25) is 0 Å². The molecule has 4 aromatic carbocycles. The van der Waals surface area contributed by atoms with E-state index in [2.05, 4.69) is 5.32 Å². The minimum atomic E-state index is -0.829. The van der Waals surface area contributed by atoms with Crippen LogP contribution in [0.15, 0.2) is 127 Å². The van der Waals surface area contributed by atoms with Gasteiger partial charge in [0.05, 0.1) is 22.0 Å². The highest BCUT2D eigenvalue weighted by Gasteiger charge is 2.37. The van der Waals surface area contributed by atoms with Gasteiger partial charge >= 0.3 is 6.03 Å². The second-order valence-corrected chi connectivity index (χ2v) is 9.47. The van der Waals surface area contributed by atoms with E-state index >= 15 is 0 Å². The van der Waals surface area contributed by atoms with E-state index in [9.17, 15) is 24.5 Å². The number of nitrogens with one attached hydrogen (secondary N) is 1. The Labute approximate surface area is 240 Å². The minimum absolute atomic E-state index is 0.0501. The fraction of sp³-hybridized carbons (Fsp3) is 0. The lowest BCUT2D eigenvalue weighted by atomic mass is 10.0. The molecule has 1 aromatic heterocycles. The standard InChI is InChI=1S/C33H22N4O5/c38-31-28(32(39)36(33(40)34-31)25-14-8-3-9-15-25)20-24-21-29(22-10-4-1-5-11-22)35(30(24)23-12-6-2-7-13-23)26-16-18-27(19-17-26)37(41)42/h1-21H,(H,34,38,40). The predicted octanol–water partition coefficient (Wildman–Crippen LogP) is 6.39. The molecule has 1 fully saturated rings. The Morgan fingerprint density at radius 3 is 1.86 bits per heavy atom. The maximum atomic E-state index is 13.6. The van der Waals surface area contributed by atoms with Gasteiger partial charge in [0.15, 0.2) is 0 Å². The van der Waals surface area contributed by atoms with E-state index in [1.807, 2.05) is 71.3 Å². The van der Waals surface area contributed by atoms with Gasteiger partial charge in [0.2, 0.25) is 0 Å². The number of barbiturate groups is 1. The second-order valence-electron chi connectivity index (χ2n) is 9.47. The van der Waals surface area contributed by atoms with E-state index in [1.165, 1.54) is 18.2 Å². The first-order valence-electron chi connectivity index (χ1n) is 13.0. The average Bonchev–Trinajstić information content (AvgIpc) is 3.40. The molecule has 1 aliphatic heterocycles. The number of imide groups is 2. The zero-order valence-corrected chi connectivity index (χ0v) is 22.0. The summed E-state index contributed by atoms with van der Waals surface area (Å²) >= 11 is 0. The SMILES string of the molecule is O=C1NC(=O)N(c2ccccc2)C(=O)C1=Cc1cc(-c2ccccc2)n(-c2ccc([N+](=O)[O-])cc2)c1-c1ccccc1. The van der Waals surface area contributed by atoms with Gasteiger partial charge in [-0.15, -0.1) is 0 Å². The second kappa shape index (κ2) is 10.8. The highest BCUT2D eigenvalue weighted by Crippen LogP contribution is 2.38. The zero-order valence-electron chi connectivity index (χ0n) is 22.0. The Bertz CT molecular complexity index is 1860. The van der Waals surface area contributed by atoms with Crippen molar-refractivity contribution in [3.05, 3.63) is 143 Å². The molecule has 5 aromatic rings. The van der Waals surface area contributed by atoms with Gasteiger partial charge in [-0.25, -0.2) is 9.69 Å². The van der Waals surface area contributed by atoms with Crippen molar-refractivity contribution in [3.63, 3.8) is 0 Å². The quantitative estimate of drug-likeness (QED) is 0.113. The molecule has 0 radical (unpaired) electrons. The number of aromatic nitrogens is 1. The van der Waals surface area contributed by atoms with E-state index in [0.717, 1.165) is 21.7 Å². The Morgan fingerprint density at radius 1 is 0.690 bits per heavy atom. The molecule has 0 spiro atoms. The Hall–Kier alpha value is -6.09. The number of hydrogen-bond donors (Lipinski definition) is 1. The molecule has 0 saturated carbocycles. The largest absolute Gasteiger partial charge is 0.335 e. The number of non-ortho nitro benzene ring substituents is 1. The number of urea groups is 1. The molecule has 0 atom stereocenters. The van der Waals surface area contributed by atoms with Crippen LogP contribution < -0.4 is 10.2 Å². The first-order valence-corrected chi connectivity index (χ1v) is 13.0.